The number of hydrogen-bond donors (Lipinski definition) is 2. The summed E-state index contributed by atoms with van der Waals surface area (Å²) < 4.78 is 39.3. The second kappa shape index (κ2) is 6.26. The lowest BCUT2D eigenvalue weighted by atomic mass is 10.2. The Hall–Kier alpha value is -0.980. The van der Waals surface area contributed by atoms with E-state index in [1.165, 1.54) is 12.1 Å². The molecule has 0 aromatic heterocycles. The summed E-state index contributed by atoms with van der Waals surface area (Å²) in [5, 5.41) is 3.11. The Kier molecular flexibility index (Phi) is 5.25. The van der Waals surface area contributed by atoms with Crippen molar-refractivity contribution in [1.29, 1.82) is 0 Å². The van der Waals surface area contributed by atoms with Crippen molar-refractivity contribution in [2.24, 2.45) is 0 Å². The molecule has 0 fully saturated rings. The molecule has 0 aliphatic rings. The van der Waals surface area contributed by atoms with Crippen molar-refractivity contribution in [3.63, 3.8) is 0 Å². The molecule has 0 saturated heterocycles. The van der Waals surface area contributed by atoms with Crippen LogP contribution in [0.1, 0.15) is 19.4 Å². The molecule has 4 nitrogen and oxygen atoms in total. The average molecular weight is 274 g/mol. The molecule has 0 bridgehead atoms. The van der Waals surface area contributed by atoms with Gasteiger partial charge < -0.3 is 5.32 Å². The summed E-state index contributed by atoms with van der Waals surface area (Å²) in [5.41, 5.74) is 0.402. The van der Waals surface area contributed by atoms with Gasteiger partial charge in [0.2, 0.25) is 10.0 Å². The van der Waals surface area contributed by atoms with Crippen LogP contribution < -0.4 is 10.0 Å². The number of nitrogens with one attached hydrogen (secondary N) is 2. The first-order valence-electron chi connectivity index (χ1n) is 5.82. The number of aryl methyl sites for hydroxylation is 1. The summed E-state index contributed by atoms with van der Waals surface area (Å²) in [4.78, 5) is 0.119. The predicted octanol–water partition coefficient (Wildman–Crippen LogP) is 1.41. The average Bonchev–Trinajstić information content (AvgIpc) is 2.23. The van der Waals surface area contributed by atoms with E-state index in [0.717, 1.165) is 6.07 Å². The summed E-state index contributed by atoms with van der Waals surface area (Å²) in [6, 6.07) is 3.94. The van der Waals surface area contributed by atoms with Gasteiger partial charge in [0.15, 0.2) is 0 Å². The highest BCUT2D eigenvalue weighted by Crippen LogP contribution is 2.15. The lowest BCUT2D eigenvalue weighted by Gasteiger charge is -2.11. The number of rotatable bonds is 6. The van der Waals surface area contributed by atoms with Crippen molar-refractivity contribution in [3.8, 4) is 0 Å². The maximum absolute atomic E-state index is 12.9. The molecule has 0 saturated carbocycles. The molecule has 0 spiro atoms. The predicted molar refractivity (Wildman–Crippen MR) is 69.5 cm³/mol. The SMILES string of the molecule is Cc1cc(F)ccc1S(=O)(=O)NCCNC(C)C. The Morgan fingerprint density at radius 2 is 1.94 bits per heavy atom. The molecule has 0 aliphatic heterocycles. The Morgan fingerprint density at radius 1 is 1.28 bits per heavy atom. The van der Waals surface area contributed by atoms with E-state index in [9.17, 15) is 12.8 Å². The standard InChI is InChI=1S/C12H19FN2O2S/c1-9(2)14-6-7-15-18(16,17)12-5-4-11(13)8-10(12)3/h4-5,8-9,14-15H,6-7H2,1-3H3. The van der Waals surface area contributed by atoms with Crippen LogP contribution in [0.15, 0.2) is 23.1 Å². The number of benzene rings is 1. The van der Waals surface area contributed by atoms with Gasteiger partial charge in [0, 0.05) is 19.1 Å². The molecule has 0 heterocycles. The van der Waals surface area contributed by atoms with Gasteiger partial charge in [-0.1, -0.05) is 13.8 Å². The highest BCUT2D eigenvalue weighted by molar-refractivity contribution is 7.89. The first-order valence-corrected chi connectivity index (χ1v) is 7.30. The fourth-order valence-electron chi connectivity index (χ4n) is 1.54. The fourth-order valence-corrected chi connectivity index (χ4v) is 2.79. The Balaban J connectivity index is 2.69. The Bertz CT molecular complexity index is 501. The van der Waals surface area contributed by atoms with Gasteiger partial charge in [-0.05, 0) is 30.7 Å². The second-order valence-corrected chi connectivity index (χ2v) is 6.15. The third kappa shape index (κ3) is 4.36. The van der Waals surface area contributed by atoms with Gasteiger partial charge in [-0.3, -0.25) is 0 Å². The van der Waals surface area contributed by atoms with Crippen LogP contribution in [0.3, 0.4) is 0 Å². The molecule has 0 aliphatic carbocycles. The van der Waals surface area contributed by atoms with E-state index in [1.807, 2.05) is 13.8 Å². The zero-order valence-electron chi connectivity index (χ0n) is 10.8. The van der Waals surface area contributed by atoms with Gasteiger partial charge in [-0.15, -0.1) is 0 Å². The van der Waals surface area contributed by atoms with Crippen LogP contribution in [-0.4, -0.2) is 27.5 Å². The lowest BCUT2D eigenvalue weighted by molar-refractivity contribution is 0.559. The summed E-state index contributed by atoms with van der Waals surface area (Å²) >= 11 is 0. The number of sulfonamides is 1. The molecule has 1 aromatic carbocycles. The summed E-state index contributed by atoms with van der Waals surface area (Å²) in [7, 11) is -3.56. The van der Waals surface area contributed by atoms with E-state index in [1.54, 1.807) is 6.92 Å². The molecule has 0 radical (unpaired) electrons. The molecule has 6 heteroatoms. The maximum atomic E-state index is 12.9. The monoisotopic (exact) mass is 274 g/mol. The van der Waals surface area contributed by atoms with Gasteiger partial charge >= 0.3 is 0 Å². The Labute approximate surface area is 108 Å². The van der Waals surface area contributed by atoms with Crippen molar-refractivity contribution in [3.05, 3.63) is 29.6 Å². The minimum Gasteiger partial charge on any atom is -0.313 e. The van der Waals surface area contributed by atoms with Crippen LogP contribution in [0.4, 0.5) is 4.39 Å². The third-order valence-electron chi connectivity index (χ3n) is 2.40. The van der Waals surface area contributed by atoms with Crippen molar-refractivity contribution in [1.82, 2.24) is 10.0 Å². The zero-order valence-corrected chi connectivity index (χ0v) is 11.6. The summed E-state index contributed by atoms with van der Waals surface area (Å²) in [5.74, 6) is -0.437. The molecule has 102 valence electrons. The van der Waals surface area contributed by atoms with Crippen molar-refractivity contribution >= 4 is 10.0 Å². The molecule has 0 amide bonds. The highest BCUT2D eigenvalue weighted by Gasteiger charge is 2.16. The van der Waals surface area contributed by atoms with Crippen LogP contribution in [-0.2, 0) is 10.0 Å². The van der Waals surface area contributed by atoms with E-state index >= 15 is 0 Å². The van der Waals surface area contributed by atoms with Gasteiger partial charge in [0.05, 0.1) is 4.90 Å². The molecule has 0 unspecified atom stereocenters. The molecule has 2 N–H and O–H groups in total. The molecule has 1 aromatic rings. The van der Waals surface area contributed by atoms with Crippen LogP contribution in [0, 0.1) is 12.7 Å². The molecule has 18 heavy (non-hydrogen) atoms. The van der Waals surface area contributed by atoms with E-state index in [2.05, 4.69) is 10.0 Å². The molecule has 1 rings (SSSR count). The maximum Gasteiger partial charge on any atom is 0.240 e. The van der Waals surface area contributed by atoms with Crippen LogP contribution in [0.25, 0.3) is 0 Å². The van der Waals surface area contributed by atoms with Gasteiger partial charge in [-0.2, -0.15) is 0 Å². The van der Waals surface area contributed by atoms with Crippen molar-refractivity contribution in [2.45, 2.75) is 31.7 Å². The van der Waals surface area contributed by atoms with Crippen LogP contribution in [0.5, 0.6) is 0 Å². The smallest absolute Gasteiger partial charge is 0.240 e. The van der Waals surface area contributed by atoms with E-state index in [-0.39, 0.29) is 4.90 Å². The first kappa shape index (κ1) is 15.1. The number of halogens is 1. The van der Waals surface area contributed by atoms with E-state index in [4.69, 9.17) is 0 Å². The largest absolute Gasteiger partial charge is 0.313 e. The van der Waals surface area contributed by atoms with Gasteiger partial charge in [0.25, 0.3) is 0 Å². The molecule has 0 atom stereocenters. The third-order valence-corrected chi connectivity index (χ3v) is 4.02. The van der Waals surface area contributed by atoms with Crippen molar-refractivity contribution in [2.75, 3.05) is 13.1 Å². The molecular weight excluding hydrogens is 255 g/mol. The van der Waals surface area contributed by atoms with E-state index < -0.39 is 15.8 Å². The lowest BCUT2D eigenvalue weighted by Crippen LogP contribution is -2.34. The molecular formula is C12H19FN2O2S. The minimum absolute atomic E-state index is 0.119. The number of hydrogen-bond acceptors (Lipinski definition) is 3. The summed E-state index contributed by atoms with van der Waals surface area (Å²) in [6.45, 7) is 6.40. The van der Waals surface area contributed by atoms with E-state index in [0.29, 0.717) is 24.7 Å². The highest BCUT2D eigenvalue weighted by atomic mass is 32.2. The normalized spacial score (nSPS) is 12.1. The second-order valence-electron chi connectivity index (χ2n) is 4.42. The van der Waals surface area contributed by atoms with Crippen molar-refractivity contribution < 1.29 is 12.8 Å². The van der Waals surface area contributed by atoms with Crippen LogP contribution in [0.2, 0.25) is 0 Å². The topological polar surface area (TPSA) is 58.2 Å². The minimum atomic E-state index is -3.56. The quantitative estimate of drug-likeness (QED) is 0.771. The zero-order chi connectivity index (χ0) is 13.8. The van der Waals surface area contributed by atoms with Gasteiger partial charge in [0.1, 0.15) is 5.82 Å². The first-order chi connectivity index (χ1) is 8.33. The summed E-state index contributed by atoms with van der Waals surface area (Å²) in [6.07, 6.45) is 0. The van der Waals surface area contributed by atoms with Crippen LogP contribution >= 0.6 is 0 Å². The fraction of sp³-hybridized carbons (Fsp3) is 0.500. The van der Waals surface area contributed by atoms with Gasteiger partial charge in [-0.25, -0.2) is 17.5 Å². The Morgan fingerprint density at radius 3 is 2.50 bits per heavy atom.